The summed E-state index contributed by atoms with van der Waals surface area (Å²) in [5, 5.41) is 4.92. The molecule has 10 heteroatoms. The number of benzene rings is 2. The molecule has 2 heterocycles. The first kappa shape index (κ1) is 19.4. The normalized spacial score (nSPS) is 11.5. The van der Waals surface area contributed by atoms with Crippen LogP contribution in [0.4, 0.5) is 11.4 Å². The third kappa shape index (κ3) is 4.42. The summed E-state index contributed by atoms with van der Waals surface area (Å²) in [5.74, 6) is -0.288. The van der Waals surface area contributed by atoms with Gasteiger partial charge in [-0.2, -0.15) is 0 Å². The van der Waals surface area contributed by atoms with E-state index in [-0.39, 0.29) is 22.9 Å². The van der Waals surface area contributed by atoms with Gasteiger partial charge >= 0.3 is 0 Å². The molecule has 0 bridgehead atoms. The van der Waals surface area contributed by atoms with Crippen molar-refractivity contribution in [3.05, 3.63) is 77.0 Å². The number of para-hydroxylation sites is 1. The Hall–Kier alpha value is -2.88. The fourth-order valence-corrected chi connectivity index (χ4v) is 4.80. The summed E-state index contributed by atoms with van der Waals surface area (Å²) < 4.78 is 29.6. The van der Waals surface area contributed by atoms with E-state index in [4.69, 9.17) is 11.6 Å². The maximum Gasteiger partial charge on any atom is 0.262 e. The summed E-state index contributed by atoms with van der Waals surface area (Å²) in [6, 6.07) is 12.6. The predicted octanol–water partition coefficient (Wildman–Crippen LogP) is 4.03. The van der Waals surface area contributed by atoms with E-state index < -0.39 is 10.0 Å². The predicted molar refractivity (Wildman–Crippen MR) is 114 cm³/mol. The Morgan fingerprint density at radius 1 is 1.17 bits per heavy atom. The molecule has 4 aromatic rings. The number of hydrogen-bond donors (Lipinski definition) is 2. The number of hydrogen-bond acceptors (Lipinski definition) is 5. The highest BCUT2D eigenvalue weighted by Gasteiger charge is 2.17. The quantitative estimate of drug-likeness (QED) is 0.467. The van der Waals surface area contributed by atoms with Crippen LogP contribution in [0.15, 0.2) is 71.2 Å². The third-order valence-electron chi connectivity index (χ3n) is 4.03. The molecule has 0 spiro atoms. The van der Waals surface area contributed by atoms with E-state index in [1.807, 2.05) is 16.0 Å². The summed E-state index contributed by atoms with van der Waals surface area (Å²) >= 11 is 7.51. The maximum absolute atomic E-state index is 12.7. The molecule has 0 atom stereocenters. The van der Waals surface area contributed by atoms with Gasteiger partial charge in [-0.3, -0.25) is 13.9 Å². The zero-order chi connectivity index (χ0) is 20.4. The standard InChI is InChI=1S/C19H15ClN4O3S2/c20-16-6-1-2-7-17(16)23-29(26,27)15-5-3-4-13(10-15)21-18(25)11-14-12-24-8-9-28-19(24)22-14/h1-10,12,23H,11H2,(H,21,25). The largest absolute Gasteiger partial charge is 0.326 e. The fraction of sp³-hybridized carbons (Fsp3) is 0.0526. The van der Waals surface area contributed by atoms with Gasteiger partial charge in [0, 0.05) is 23.5 Å². The Morgan fingerprint density at radius 2 is 2.00 bits per heavy atom. The Kier molecular flexibility index (Phi) is 5.27. The van der Waals surface area contributed by atoms with Crippen molar-refractivity contribution >= 4 is 55.2 Å². The number of carbonyl (C=O) groups excluding carboxylic acids is 1. The van der Waals surface area contributed by atoms with Gasteiger partial charge in [0.25, 0.3) is 10.0 Å². The Morgan fingerprint density at radius 3 is 2.79 bits per heavy atom. The number of carbonyl (C=O) groups is 1. The lowest BCUT2D eigenvalue weighted by molar-refractivity contribution is -0.115. The molecule has 0 saturated heterocycles. The summed E-state index contributed by atoms with van der Waals surface area (Å²) in [7, 11) is -3.86. The monoisotopic (exact) mass is 446 g/mol. The van der Waals surface area contributed by atoms with Crippen LogP contribution in [0.3, 0.4) is 0 Å². The average Bonchev–Trinajstić information content (AvgIpc) is 3.25. The molecular weight excluding hydrogens is 432 g/mol. The van der Waals surface area contributed by atoms with Gasteiger partial charge in [0.1, 0.15) is 0 Å². The van der Waals surface area contributed by atoms with Gasteiger partial charge in [-0.15, -0.1) is 11.3 Å². The van der Waals surface area contributed by atoms with Crippen LogP contribution in [0.25, 0.3) is 4.96 Å². The van der Waals surface area contributed by atoms with Crippen molar-refractivity contribution in [2.24, 2.45) is 0 Å². The Labute approximate surface area is 176 Å². The number of rotatable bonds is 6. The van der Waals surface area contributed by atoms with Gasteiger partial charge in [0.2, 0.25) is 5.91 Å². The van der Waals surface area contributed by atoms with E-state index in [1.165, 1.54) is 23.5 Å². The molecular formula is C19H15ClN4O3S2. The number of fused-ring (bicyclic) bond motifs is 1. The molecule has 4 rings (SSSR count). The Balaban J connectivity index is 1.48. The van der Waals surface area contributed by atoms with Crippen molar-refractivity contribution in [3.8, 4) is 0 Å². The highest BCUT2D eigenvalue weighted by molar-refractivity contribution is 7.92. The number of halogens is 1. The minimum Gasteiger partial charge on any atom is -0.326 e. The number of anilines is 2. The molecule has 2 aromatic heterocycles. The third-order valence-corrected chi connectivity index (χ3v) is 6.49. The molecule has 29 heavy (non-hydrogen) atoms. The van der Waals surface area contributed by atoms with Crippen molar-refractivity contribution in [1.29, 1.82) is 0 Å². The number of imidazole rings is 1. The van der Waals surface area contributed by atoms with E-state index in [2.05, 4.69) is 15.0 Å². The number of sulfonamides is 1. The second-order valence-corrected chi connectivity index (χ2v) is 9.13. The molecule has 2 N–H and O–H groups in total. The number of aromatic nitrogens is 2. The molecule has 0 aliphatic carbocycles. The molecule has 0 aliphatic heterocycles. The van der Waals surface area contributed by atoms with Crippen LogP contribution in [-0.4, -0.2) is 23.7 Å². The highest BCUT2D eigenvalue weighted by atomic mass is 35.5. The van der Waals surface area contributed by atoms with Crippen molar-refractivity contribution in [1.82, 2.24) is 9.38 Å². The van der Waals surface area contributed by atoms with Crippen LogP contribution in [-0.2, 0) is 21.2 Å². The van der Waals surface area contributed by atoms with Crippen LogP contribution < -0.4 is 10.0 Å². The molecule has 0 fully saturated rings. The summed E-state index contributed by atoms with van der Waals surface area (Å²) in [6.45, 7) is 0. The first-order valence-electron chi connectivity index (χ1n) is 8.49. The molecule has 1 amide bonds. The fourth-order valence-electron chi connectivity index (χ4n) is 2.72. The second kappa shape index (κ2) is 7.86. The van der Waals surface area contributed by atoms with Crippen LogP contribution in [0.2, 0.25) is 5.02 Å². The first-order valence-corrected chi connectivity index (χ1v) is 11.2. The average molecular weight is 447 g/mol. The van der Waals surface area contributed by atoms with Crippen molar-refractivity contribution < 1.29 is 13.2 Å². The summed E-state index contributed by atoms with van der Waals surface area (Å²) in [6.07, 6.45) is 3.75. The van der Waals surface area contributed by atoms with E-state index in [0.717, 1.165) is 4.96 Å². The molecule has 7 nitrogen and oxygen atoms in total. The second-order valence-electron chi connectivity index (χ2n) is 6.16. The molecule has 0 unspecified atom stereocenters. The van der Waals surface area contributed by atoms with E-state index in [0.29, 0.717) is 16.4 Å². The molecule has 148 valence electrons. The van der Waals surface area contributed by atoms with Crippen molar-refractivity contribution in [3.63, 3.8) is 0 Å². The minimum absolute atomic E-state index is 0.0118. The zero-order valence-corrected chi connectivity index (χ0v) is 17.3. The van der Waals surface area contributed by atoms with Crippen LogP contribution >= 0.6 is 22.9 Å². The highest BCUT2D eigenvalue weighted by Crippen LogP contribution is 2.25. The van der Waals surface area contributed by atoms with Gasteiger partial charge in [0.15, 0.2) is 4.96 Å². The lowest BCUT2D eigenvalue weighted by atomic mass is 10.3. The number of thiazole rings is 1. The lowest BCUT2D eigenvalue weighted by Crippen LogP contribution is -2.16. The molecule has 0 aliphatic rings. The summed E-state index contributed by atoms with van der Waals surface area (Å²) in [4.78, 5) is 17.5. The van der Waals surface area contributed by atoms with Crippen LogP contribution in [0.5, 0.6) is 0 Å². The first-order chi connectivity index (χ1) is 13.9. The number of nitrogens with zero attached hydrogens (tertiary/aromatic N) is 2. The van der Waals surface area contributed by atoms with Gasteiger partial charge in [-0.1, -0.05) is 29.8 Å². The van der Waals surface area contributed by atoms with Crippen LogP contribution in [0, 0.1) is 0 Å². The number of amides is 1. The molecule has 0 saturated carbocycles. The Bertz CT molecular complexity index is 1270. The van der Waals surface area contributed by atoms with Gasteiger partial charge in [0.05, 0.1) is 27.7 Å². The summed E-state index contributed by atoms with van der Waals surface area (Å²) in [5.41, 5.74) is 1.29. The van der Waals surface area contributed by atoms with E-state index >= 15 is 0 Å². The van der Waals surface area contributed by atoms with Gasteiger partial charge < -0.3 is 5.32 Å². The maximum atomic E-state index is 12.7. The zero-order valence-electron chi connectivity index (χ0n) is 14.9. The SMILES string of the molecule is O=C(Cc1cn2ccsc2n1)Nc1cccc(S(=O)(=O)Nc2ccccc2Cl)c1. The van der Waals surface area contributed by atoms with Crippen molar-refractivity contribution in [2.75, 3.05) is 10.0 Å². The van der Waals surface area contributed by atoms with Gasteiger partial charge in [-0.25, -0.2) is 13.4 Å². The smallest absolute Gasteiger partial charge is 0.262 e. The topological polar surface area (TPSA) is 92.6 Å². The van der Waals surface area contributed by atoms with E-state index in [1.54, 1.807) is 42.6 Å². The molecule has 2 aromatic carbocycles. The van der Waals surface area contributed by atoms with Crippen LogP contribution in [0.1, 0.15) is 5.69 Å². The molecule has 0 radical (unpaired) electrons. The minimum atomic E-state index is -3.86. The lowest BCUT2D eigenvalue weighted by Gasteiger charge is -2.11. The van der Waals surface area contributed by atoms with Crippen molar-refractivity contribution in [2.45, 2.75) is 11.3 Å². The van der Waals surface area contributed by atoms with Gasteiger partial charge in [-0.05, 0) is 30.3 Å². The van der Waals surface area contributed by atoms with E-state index in [9.17, 15) is 13.2 Å². The number of nitrogens with one attached hydrogen (secondary N) is 2.